The monoisotopic (exact) mass is 404 g/mol. The van der Waals surface area contributed by atoms with Crippen molar-refractivity contribution in [2.45, 2.75) is 58.3 Å². The first kappa shape index (κ1) is 23.8. The Hall–Kier alpha value is -3.21. The van der Waals surface area contributed by atoms with Crippen molar-refractivity contribution in [3.63, 3.8) is 0 Å². The summed E-state index contributed by atoms with van der Waals surface area (Å²) in [7, 11) is 0. The maximum atomic E-state index is 11.7. The molecule has 1 atom stereocenters. The van der Waals surface area contributed by atoms with Gasteiger partial charge in [0.2, 0.25) is 0 Å². The molecule has 0 saturated carbocycles. The van der Waals surface area contributed by atoms with E-state index in [0.29, 0.717) is 24.9 Å². The number of alkyl carbamates (subject to hydrolysis) is 2. The van der Waals surface area contributed by atoms with E-state index in [1.165, 1.54) is 0 Å². The molecule has 0 bridgehead atoms. The second-order valence-electron chi connectivity index (χ2n) is 7.38. The number of nitrogens with one attached hydrogen (secondary N) is 2. The van der Waals surface area contributed by atoms with Crippen molar-refractivity contribution in [2.24, 2.45) is 0 Å². The summed E-state index contributed by atoms with van der Waals surface area (Å²) in [5.41, 5.74) is 0.784. The van der Waals surface area contributed by atoms with Crippen molar-refractivity contribution in [1.29, 1.82) is 0 Å². The van der Waals surface area contributed by atoms with Gasteiger partial charge in [-0.3, -0.25) is 0 Å². The summed E-state index contributed by atoms with van der Waals surface area (Å²) < 4.78 is 10.2. The number of aliphatic carboxylic acids is 1. The molecule has 0 aliphatic heterocycles. The molecule has 8 heteroatoms. The summed E-state index contributed by atoms with van der Waals surface area (Å²) in [6.07, 6.45) is 5.20. The largest absolute Gasteiger partial charge is 0.480 e. The summed E-state index contributed by atoms with van der Waals surface area (Å²) in [5, 5.41) is 14.1. The highest BCUT2D eigenvalue weighted by Gasteiger charge is 2.23. The Morgan fingerprint density at radius 1 is 1.21 bits per heavy atom. The lowest BCUT2D eigenvalue weighted by molar-refractivity contribution is -0.139. The Morgan fingerprint density at radius 2 is 1.93 bits per heavy atom. The van der Waals surface area contributed by atoms with Crippen LogP contribution in [0.15, 0.2) is 24.3 Å². The van der Waals surface area contributed by atoms with Crippen LogP contribution in [0.2, 0.25) is 0 Å². The number of ether oxygens (including phenoxy) is 2. The lowest BCUT2D eigenvalue weighted by atomic mass is 10.1. The highest BCUT2D eigenvalue weighted by Crippen LogP contribution is 2.09. The standard InChI is InChI=1S/C21H28N2O6/c1-5-15-9-8-10-16(13-15)14-28-19(26)22-12-7-6-11-17(18(24)25)23-20(27)29-21(2,3)4/h1,8-10,13,17H,6-7,11-12,14H2,2-4H3,(H,22,26)(H,23,27)(H,24,25)/t17-/m0/s1. The lowest BCUT2D eigenvalue weighted by Gasteiger charge is -2.22. The van der Waals surface area contributed by atoms with Gasteiger partial charge >= 0.3 is 18.2 Å². The molecular weight excluding hydrogens is 376 g/mol. The fourth-order valence-corrected chi connectivity index (χ4v) is 2.32. The minimum atomic E-state index is -1.14. The van der Waals surface area contributed by atoms with E-state index in [-0.39, 0.29) is 13.0 Å². The molecule has 0 aliphatic rings. The Kier molecular flexibility index (Phi) is 9.52. The molecule has 1 aromatic carbocycles. The molecule has 158 valence electrons. The zero-order valence-corrected chi connectivity index (χ0v) is 17.0. The van der Waals surface area contributed by atoms with E-state index < -0.39 is 29.8 Å². The molecule has 3 N–H and O–H groups in total. The van der Waals surface area contributed by atoms with E-state index in [9.17, 15) is 19.5 Å². The van der Waals surface area contributed by atoms with Crippen molar-refractivity contribution < 1.29 is 29.0 Å². The molecule has 29 heavy (non-hydrogen) atoms. The summed E-state index contributed by atoms with van der Waals surface area (Å²) in [5.74, 6) is 1.37. The second-order valence-corrected chi connectivity index (χ2v) is 7.38. The Morgan fingerprint density at radius 3 is 2.55 bits per heavy atom. The van der Waals surface area contributed by atoms with E-state index >= 15 is 0 Å². The summed E-state index contributed by atoms with van der Waals surface area (Å²) in [4.78, 5) is 34.7. The van der Waals surface area contributed by atoms with E-state index in [0.717, 1.165) is 5.56 Å². The molecule has 0 unspecified atom stereocenters. The minimum Gasteiger partial charge on any atom is -0.480 e. The number of terminal acetylenes is 1. The number of carbonyl (C=O) groups is 3. The third kappa shape index (κ3) is 10.6. The molecule has 0 saturated heterocycles. The molecule has 0 aliphatic carbocycles. The minimum absolute atomic E-state index is 0.0995. The van der Waals surface area contributed by atoms with Gasteiger partial charge in [-0.15, -0.1) is 6.42 Å². The number of hydrogen-bond donors (Lipinski definition) is 3. The molecule has 0 heterocycles. The number of rotatable bonds is 9. The van der Waals surface area contributed by atoms with Crippen molar-refractivity contribution in [3.05, 3.63) is 35.4 Å². The van der Waals surface area contributed by atoms with Crippen LogP contribution < -0.4 is 10.6 Å². The second kappa shape index (κ2) is 11.6. The van der Waals surface area contributed by atoms with Crippen LogP contribution in [0.1, 0.15) is 51.2 Å². The van der Waals surface area contributed by atoms with Gasteiger partial charge in [0.15, 0.2) is 0 Å². The average molecular weight is 404 g/mol. The summed E-state index contributed by atoms with van der Waals surface area (Å²) >= 11 is 0. The smallest absolute Gasteiger partial charge is 0.408 e. The van der Waals surface area contributed by atoms with Crippen LogP contribution in [0.5, 0.6) is 0 Å². The molecule has 8 nitrogen and oxygen atoms in total. The molecule has 2 amide bonds. The van der Waals surface area contributed by atoms with Gasteiger partial charge in [0, 0.05) is 12.1 Å². The van der Waals surface area contributed by atoms with Gasteiger partial charge in [-0.2, -0.15) is 0 Å². The van der Waals surface area contributed by atoms with E-state index in [4.69, 9.17) is 15.9 Å². The topological polar surface area (TPSA) is 114 Å². The molecular formula is C21H28N2O6. The first-order valence-electron chi connectivity index (χ1n) is 9.29. The Balaban J connectivity index is 2.26. The average Bonchev–Trinajstić information content (AvgIpc) is 2.63. The van der Waals surface area contributed by atoms with Gasteiger partial charge in [-0.1, -0.05) is 18.1 Å². The third-order valence-electron chi connectivity index (χ3n) is 3.64. The van der Waals surface area contributed by atoms with Crippen molar-refractivity contribution in [2.75, 3.05) is 6.54 Å². The number of amides is 2. The van der Waals surface area contributed by atoms with Gasteiger partial charge in [0.1, 0.15) is 18.2 Å². The summed E-state index contributed by atoms with van der Waals surface area (Å²) in [6.45, 7) is 5.50. The number of unbranched alkanes of at least 4 members (excludes halogenated alkanes) is 1. The lowest BCUT2D eigenvalue weighted by Crippen LogP contribution is -2.43. The first-order chi connectivity index (χ1) is 13.6. The van der Waals surface area contributed by atoms with Gasteiger partial charge in [0.05, 0.1) is 0 Å². The number of carbonyl (C=O) groups excluding carboxylic acids is 2. The Labute approximate surface area is 171 Å². The summed E-state index contributed by atoms with van der Waals surface area (Å²) in [6, 6.07) is 6.08. The molecule has 0 fully saturated rings. The third-order valence-corrected chi connectivity index (χ3v) is 3.64. The molecule has 0 radical (unpaired) electrons. The van der Waals surface area contributed by atoms with Gasteiger partial charge in [0.25, 0.3) is 0 Å². The van der Waals surface area contributed by atoms with Crippen molar-refractivity contribution in [3.8, 4) is 12.3 Å². The SMILES string of the molecule is C#Cc1cccc(COC(=O)NCCCC[C@H](NC(=O)OC(C)(C)C)C(=O)O)c1. The fourth-order valence-electron chi connectivity index (χ4n) is 2.32. The number of carboxylic acids is 1. The quantitative estimate of drug-likeness (QED) is 0.431. The highest BCUT2D eigenvalue weighted by molar-refractivity contribution is 5.79. The predicted molar refractivity (Wildman–Crippen MR) is 107 cm³/mol. The van der Waals surface area contributed by atoms with E-state index in [1.54, 1.807) is 45.0 Å². The number of carboxylic acid groups (broad SMARTS) is 1. The molecule has 1 rings (SSSR count). The van der Waals surface area contributed by atoms with Crippen LogP contribution in [0.4, 0.5) is 9.59 Å². The van der Waals surface area contributed by atoms with E-state index in [2.05, 4.69) is 16.6 Å². The number of benzene rings is 1. The zero-order chi connectivity index (χ0) is 21.9. The Bertz CT molecular complexity index is 748. The van der Waals surface area contributed by atoms with Crippen molar-refractivity contribution in [1.82, 2.24) is 10.6 Å². The maximum absolute atomic E-state index is 11.7. The van der Waals surface area contributed by atoms with Crippen LogP contribution in [0, 0.1) is 12.3 Å². The normalized spacial score (nSPS) is 11.7. The molecule has 1 aromatic rings. The van der Waals surface area contributed by atoms with Crippen LogP contribution in [-0.2, 0) is 20.9 Å². The predicted octanol–water partition coefficient (Wildman–Crippen LogP) is 3.04. The van der Waals surface area contributed by atoms with E-state index in [1.807, 2.05) is 0 Å². The van der Waals surface area contributed by atoms with Crippen LogP contribution >= 0.6 is 0 Å². The molecule has 0 aromatic heterocycles. The maximum Gasteiger partial charge on any atom is 0.408 e. The number of hydrogen-bond acceptors (Lipinski definition) is 5. The highest BCUT2D eigenvalue weighted by atomic mass is 16.6. The first-order valence-corrected chi connectivity index (χ1v) is 9.29. The van der Waals surface area contributed by atoms with Crippen LogP contribution in [0.25, 0.3) is 0 Å². The van der Waals surface area contributed by atoms with Crippen molar-refractivity contribution >= 4 is 18.2 Å². The van der Waals surface area contributed by atoms with Gasteiger partial charge < -0.3 is 25.2 Å². The van der Waals surface area contributed by atoms with Crippen LogP contribution in [0.3, 0.4) is 0 Å². The van der Waals surface area contributed by atoms with Gasteiger partial charge in [-0.25, -0.2) is 14.4 Å². The molecule has 0 spiro atoms. The van der Waals surface area contributed by atoms with Crippen LogP contribution in [-0.4, -0.2) is 41.4 Å². The fraction of sp³-hybridized carbons (Fsp3) is 0.476. The van der Waals surface area contributed by atoms with Gasteiger partial charge in [-0.05, 0) is 57.7 Å². The zero-order valence-electron chi connectivity index (χ0n) is 17.0.